The van der Waals surface area contributed by atoms with Crippen LogP contribution in [0.3, 0.4) is 0 Å². The molecule has 1 saturated carbocycles. The molecule has 0 saturated heterocycles. The zero-order chi connectivity index (χ0) is 14.7. The summed E-state index contributed by atoms with van der Waals surface area (Å²) in [6.45, 7) is 1.28. The highest BCUT2D eigenvalue weighted by Crippen LogP contribution is 2.25. The number of rotatable bonds is 4. The fourth-order valence-electron chi connectivity index (χ4n) is 2.67. The summed E-state index contributed by atoms with van der Waals surface area (Å²) in [5.74, 6) is -1.72. The van der Waals surface area contributed by atoms with Gasteiger partial charge in [-0.2, -0.15) is 0 Å². The zero-order valence-corrected chi connectivity index (χ0v) is 11.4. The number of benzene rings is 1. The maximum Gasteiger partial charge on any atom is 0.323 e. The molecule has 0 radical (unpaired) electrons. The predicted octanol–water partition coefficient (Wildman–Crippen LogP) is 2.60. The van der Waals surface area contributed by atoms with E-state index in [2.05, 4.69) is 0 Å². The lowest BCUT2D eigenvalue weighted by atomic mass is 10.1. The lowest BCUT2D eigenvalue weighted by molar-refractivity contribution is -0.138. The third-order valence-electron chi connectivity index (χ3n) is 3.74. The third-order valence-corrected chi connectivity index (χ3v) is 3.74. The van der Waals surface area contributed by atoms with E-state index in [0.717, 1.165) is 25.7 Å². The SMILES string of the molecule is Cc1cc(C(=O)N(CC(=O)O)C2CCCC2)ccc1F. The lowest BCUT2D eigenvalue weighted by Crippen LogP contribution is -2.42. The van der Waals surface area contributed by atoms with E-state index in [1.165, 1.54) is 23.1 Å². The summed E-state index contributed by atoms with van der Waals surface area (Å²) in [5.41, 5.74) is 0.731. The Morgan fingerprint density at radius 3 is 2.55 bits per heavy atom. The van der Waals surface area contributed by atoms with E-state index in [4.69, 9.17) is 5.11 Å². The summed E-state index contributed by atoms with van der Waals surface area (Å²) in [5, 5.41) is 8.98. The number of carbonyl (C=O) groups excluding carboxylic acids is 1. The van der Waals surface area contributed by atoms with Crippen molar-refractivity contribution in [1.82, 2.24) is 4.90 Å². The highest BCUT2D eigenvalue weighted by molar-refractivity contribution is 5.96. The van der Waals surface area contributed by atoms with Gasteiger partial charge in [0.2, 0.25) is 0 Å². The van der Waals surface area contributed by atoms with Gasteiger partial charge in [-0.1, -0.05) is 12.8 Å². The van der Waals surface area contributed by atoms with E-state index in [9.17, 15) is 14.0 Å². The number of aliphatic carboxylic acids is 1. The minimum absolute atomic E-state index is 0.0241. The third kappa shape index (κ3) is 3.15. The van der Waals surface area contributed by atoms with Crippen molar-refractivity contribution in [2.75, 3.05) is 6.54 Å². The molecule has 108 valence electrons. The van der Waals surface area contributed by atoms with Crippen LogP contribution in [-0.4, -0.2) is 34.5 Å². The van der Waals surface area contributed by atoms with E-state index >= 15 is 0 Å². The molecule has 0 aromatic heterocycles. The molecule has 1 aliphatic rings. The van der Waals surface area contributed by atoms with Crippen molar-refractivity contribution in [3.05, 3.63) is 35.1 Å². The van der Waals surface area contributed by atoms with Crippen LogP contribution in [-0.2, 0) is 4.79 Å². The van der Waals surface area contributed by atoms with Crippen LogP contribution in [0.5, 0.6) is 0 Å². The van der Waals surface area contributed by atoms with Gasteiger partial charge in [0.05, 0.1) is 0 Å². The Kier molecular flexibility index (Phi) is 4.37. The second-order valence-electron chi connectivity index (χ2n) is 5.23. The molecule has 1 fully saturated rings. The molecular weight excluding hydrogens is 261 g/mol. The van der Waals surface area contributed by atoms with Crippen LogP contribution in [0, 0.1) is 12.7 Å². The van der Waals surface area contributed by atoms with E-state index in [0.29, 0.717) is 11.1 Å². The van der Waals surface area contributed by atoms with Crippen molar-refractivity contribution >= 4 is 11.9 Å². The van der Waals surface area contributed by atoms with E-state index in [1.807, 2.05) is 0 Å². The molecule has 0 unspecified atom stereocenters. The number of amides is 1. The molecular formula is C15H18FNO3. The van der Waals surface area contributed by atoms with Gasteiger partial charge in [-0.3, -0.25) is 9.59 Å². The van der Waals surface area contributed by atoms with Gasteiger partial charge in [0.15, 0.2) is 0 Å². The molecule has 2 rings (SSSR count). The number of nitrogens with zero attached hydrogens (tertiary/aromatic N) is 1. The van der Waals surface area contributed by atoms with Crippen molar-refractivity contribution in [3.8, 4) is 0 Å². The first-order chi connectivity index (χ1) is 9.49. The topological polar surface area (TPSA) is 57.6 Å². The number of aryl methyl sites for hydroxylation is 1. The van der Waals surface area contributed by atoms with Crippen LogP contribution in [0.4, 0.5) is 4.39 Å². The molecule has 5 heteroatoms. The molecule has 1 aliphatic carbocycles. The number of carboxylic acid groups (broad SMARTS) is 1. The average Bonchev–Trinajstić information content (AvgIpc) is 2.92. The normalized spacial score (nSPS) is 15.3. The number of carboxylic acids is 1. The van der Waals surface area contributed by atoms with Crippen molar-refractivity contribution in [2.24, 2.45) is 0 Å². The van der Waals surface area contributed by atoms with Gasteiger partial charge in [-0.05, 0) is 43.5 Å². The van der Waals surface area contributed by atoms with Gasteiger partial charge < -0.3 is 10.0 Å². The van der Waals surface area contributed by atoms with Crippen molar-refractivity contribution in [3.63, 3.8) is 0 Å². The smallest absolute Gasteiger partial charge is 0.323 e. The molecule has 1 N–H and O–H groups in total. The van der Waals surface area contributed by atoms with Crippen LogP contribution >= 0.6 is 0 Å². The second-order valence-corrected chi connectivity index (χ2v) is 5.23. The van der Waals surface area contributed by atoms with Crippen LogP contribution in [0.25, 0.3) is 0 Å². The molecule has 20 heavy (non-hydrogen) atoms. The Labute approximate surface area is 117 Å². The van der Waals surface area contributed by atoms with E-state index in [1.54, 1.807) is 6.92 Å². The quantitative estimate of drug-likeness (QED) is 0.921. The molecule has 0 atom stereocenters. The Hall–Kier alpha value is -1.91. The van der Waals surface area contributed by atoms with Crippen LogP contribution < -0.4 is 0 Å². The fraction of sp³-hybridized carbons (Fsp3) is 0.467. The average molecular weight is 279 g/mol. The molecule has 0 aliphatic heterocycles. The van der Waals surface area contributed by atoms with Gasteiger partial charge >= 0.3 is 5.97 Å². The molecule has 0 spiro atoms. The molecule has 0 heterocycles. The summed E-state index contributed by atoms with van der Waals surface area (Å²) < 4.78 is 13.3. The largest absolute Gasteiger partial charge is 0.480 e. The maximum atomic E-state index is 13.3. The summed E-state index contributed by atoms with van der Waals surface area (Å²) >= 11 is 0. The fourth-order valence-corrected chi connectivity index (χ4v) is 2.67. The summed E-state index contributed by atoms with van der Waals surface area (Å²) in [7, 11) is 0. The summed E-state index contributed by atoms with van der Waals surface area (Å²) in [6.07, 6.45) is 3.69. The van der Waals surface area contributed by atoms with E-state index in [-0.39, 0.29) is 24.3 Å². The van der Waals surface area contributed by atoms with Crippen LogP contribution in [0.1, 0.15) is 41.6 Å². The number of halogens is 1. The Morgan fingerprint density at radius 2 is 2.00 bits per heavy atom. The van der Waals surface area contributed by atoms with Crippen molar-refractivity contribution in [1.29, 1.82) is 0 Å². The first kappa shape index (κ1) is 14.5. The number of hydrogen-bond acceptors (Lipinski definition) is 2. The Balaban J connectivity index is 2.24. The van der Waals surface area contributed by atoms with Gasteiger partial charge in [-0.15, -0.1) is 0 Å². The zero-order valence-electron chi connectivity index (χ0n) is 11.4. The summed E-state index contributed by atoms with van der Waals surface area (Å²) in [4.78, 5) is 24.8. The highest BCUT2D eigenvalue weighted by atomic mass is 19.1. The molecule has 1 aromatic rings. The van der Waals surface area contributed by atoms with Gasteiger partial charge in [0, 0.05) is 11.6 Å². The van der Waals surface area contributed by atoms with Crippen molar-refractivity contribution in [2.45, 2.75) is 38.6 Å². The van der Waals surface area contributed by atoms with Crippen LogP contribution in [0.15, 0.2) is 18.2 Å². The minimum Gasteiger partial charge on any atom is -0.480 e. The molecule has 0 bridgehead atoms. The monoisotopic (exact) mass is 279 g/mol. The second kappa shape index (κ2) is 6.03. The predicted molar refractivity (Wildman–Crippen MR) is 72.1 cm³/mol. The van der Waals surface area contributed by atoms with E-state index < -0.39 is 5.97 Å². The lowest BCUT2D eigenvalue weighted by Gasteiger charge is -2.27. The number of hydrogen-bond donors (Lipinski definition) is 1. The van der Waals surface area contributed by atoms with Crippen LogP contribution in [0.2, 0.25) is 0 Å². The minimum atomic E-state index is -1.02. The van der Waals surface area contributed by atoms with Crippen molar-refractivity contribution < 1.29 is 19.1 Å². The first-order valence-corrected chi connectivity index (χ1v) is 6.78. The van der Waals surface area contributed by atoms with Gasteiger partial charge in [0.25, 0.3) is 5.91 Å². The molecule has 1 aromatic carbocycles. The first-order valence-electron chi connectivity index (χ1n) is 6.78. The Morgan fingerprint density at radius 1 is 1.35 bits per heavy atom. The standard InChI is InChI=1S/C15H18FNO3/c1-10-8-11(6-7-13(10)16)15(20)17(9-14(18)19)12-4-2-3-5-12/h6-8,12H,2-5,9H2,1H3,(H,18,19). The number of carbonyl (C=O) groups is 2. The molecule has 1 amide bonds. The highest BCUT2D eigenvalue weighted by Gasteiger charge is 2.29. The maximum absolute atomic E-state index is 13.3. The Bertz CT molecular complexity index is 524. The summed E-state index contributed by atoms with van der Waals surface area (Å²) in [6, 6.07) is 4.11. The molecule has 4 nitrogen and oxygen atoms in total. The van der Waals surface area contributed by atoms with Gasteiger partial charge in [0.1, 0.15) is 12.4 Å². The van der Waals surface area contributed by atoms with Gasteiger partial charge in [-0.25, -0.2) is 4.39 Å².